The molecule has 0 saturated heterocycles. The number of hydrazone groups is 1. The smallest absolute Gasteiger partial charge is 0.191 e. The zero-order chi connectivity index (χ0) is 16.5. The van der Waals surface area contributed by atoms with Crippen LogP contribution in [-0.4, -0.2) is 46.2 Å². The normalized spacial score (nSPS) is 21.5. The van der Waals surface area contributed by atoms with Gasteiger partial charge in [-0.2, -0.15) is 5.10 Å². The lowest BCUT2D eigenvalue weighted by molar-refractivity contribution is -0.821. The van der Waals surface area contributed by atoms with E-state index in [9.17, 15) is 5.21 Å². The molecule has 7 heteroatoms. The van der Waals surface area contributed by atoms with E-state index in [0.717, 1.165) is 25.1 Å². The number of nitrogens with zero attached hydrogens (tertiary/aromatic N) is 4. The summed E-state index contributed by atoms with van der Waals surface area (Å²) in [6.45, 7) is 4.15. The van der Waals surface area contributed by atoms with Crippen molar-refractivity contribution in [2.24, 2.45) is 10.9 Å². The van der Waals surface area contributed by atoms with Crippen molar-refractivity contribution in [3.05, 3.63) is 47.7 Å². The Kier molecular flexibility index (Phi) is 6.25. The van der Waals surface area contributed by atoms with Gasteiger partial charge in [0.2, 0.25) is 0 Å². The fourth-order valence-corrected chi connectivity index (χ4v) is 2.39. The number of hydrogen-bond donors (Lipinski definition) is 2. The lowest BCUT2D eigenvalue weighted by atomic mass is 10.3. The summed E-state index contributed by atoms with van der Waals surface area (Å²) >= 11 is 0. The number of quaternary nitrogens is 1. The zero-order valence-corrected chi connectivity index (χ0v) is 13.6. The molecule has 1 aliphatic heterocycles. The molecule has 0 bridgehead atoms. The maximum Gasteiger partial charge on any atom is 0.191 e. The second-order valence-electron chi connectivity index (χ2n) is 5.69. The summed E-state index contributed by atoms with van der Waals surface area (Å²) in [5.41, 5.74) is 1.51. The molecule has 1 atom stereocenters. The van der Waals surface area contributed by atoms with Crippen LogP contribution < -0.4 is 10.8 Å². The van der Waals surface area contributed by atoms with Gasteiger partial charge in [0.1, 0.15) is 19.3 Å². The maximum atomic E-state index is 12.8. The van der Waals surface area contributed by atoms with Gasteiger partial charge in [-0.1, -0.05) is 19.4 Å². The summed E-state index contributed by atoms with van der Waals surface area (Å²) < 4.78 is -0.491. The lowest BCUT2D eigenvalue weighted by Gasteiger charge is -2.36. The molecule has 0 amide bonds. The molecule has 1 aliphatic rings. The predicted octanol–water partition coefficient (Wildman–Crippen LogP) is -0.0933. The van der Waals surface area contributed by atoms with Crippen LogP contribution in [-0.2, 0) is 6.54 Å². The van der Waals surface area contributed by atoms with Crippen LogP contribution in [0.2, 0.25) is 0 Å². The van der Waals surface area contributed by atoms with Crippen molar-refractivity contribution in [2.45, 2.75) is 26.3 Å². The van der Waals surface area contributed by atoms with Crippen LogP contribution in [0.15, 0.2) is 41.9 Å². The van der Waals surface area contributed by atoms with Crippen molar-refractivity contribution in [2.75, 3.05) is 19.8 Å². The minimum atomic E-state index is -0.491. The Labute approximate surface area is 137 Å². The van der Waals surface area contributed by atoms with Gasteiger partial charge in [-0.15, -0.1) is 0 Å². The monoisotopic (exact) mass is 317 g/mol. The van der Waals surface area contributed by atoms with Crippen molar-refractivity contribution in [1.29, 1.82) is 0 Å². The number of rotatable bonds is 8. The zero-order valence-electron chi connectivity index (χ0n) is 13.6. The Morgan fingerprint density at radius 3 is 3.13 bits per heavy atom. The summed E-state index contributed by atoms with van der Waals surface area (Å²) in [7, 11) is 0. The van der Waals surface area contributed by atoms with E-state index in [1.165, 1.54) is 0 Å². The van der Waals surface area contributed by atoms with Crippen molar-refractivity contribution in [3.8, 4) is 0 Å². The first-order chi connectivity index (χ1) is 11.1. The molecule has 0 radical (unpaired) electrons. The van der Waals surface area contributed by atoms with Crippen molar-refractivity contribution in [3.63, 3.8) is 0 Å². The summed E-state index contributed by atoms with van der Waals surface area (Å²) in [5, 5.41) is 16.5. The highest BCUT2D eigenvalue weighted by atomic mass is 16.5. The van der Waals surface area contributed by atoms with Crippen molar-refractivity contribution >= 4 is 11.9 Å². The third kappa shape index (κ3) is 5.46. The summed E-state index contributed by atoms with van der Waals surface area (Å²) in [5.74, 6) is 5.40. The number of aromatic nitrogens is 1. The topological polar surface area (TPSA) is 91.5 Å². The molecule has 1 aromatic heterocycles. The maximum absolute atomic E-state index is 12.8. The number of hydrogen-bond acceptors (Lipinski definition) is 5. The number of nitrogens with one attached hydrogen (secondary N) is 1. The SMILES string of the molecule is CCCC[NH+]=CC(C[N+]1([O-])C=CN(Cc2ccccn2)C1)=NN. The highest BCUT2D eigenvalue weighted by molar-refractivity contribution is 6.29. The van der Waals surface area contributed by atoms with Gasteiger partial charge in [0, 0.05) is 12.6 Å². The molecule has 0 spiro atoms. The Morgan fingerprint density at radius 2 is 2.43 bits per heavy atom. The molecule has 3 N–H and O–H groups in total. The van der Waals surface area contributed by atoms with Gasteiger partial charge in [0.25, 0.3) is 0 Å². The van der Waals surface area contributed by atoms with E-state index in [1.807, 2.05) is 29.3 Å². The van der Waals surface area contributed by atoms with Crippen LogP contribution >= 0.6 is 0 Å². The van der Waals surface area contributed by atoms with Crippen LogP contribution in [0.25, 0.3) is 0 Å². The van der Waals surface area contributed by atoms with Crippen LogP contribution in [0.3, 0.4) is 0 Å². The van der Waals surface area contributed by atoms with E-state index in [-0.39, 0.29) is 6.54 Å². The van der Waals surface area contributed by atoms with E-state index in [4.69, 9.17) is 5.84 Å². The quantitative estimate of drug-likeness (QED) is 0.175. The molecular weight excluding hydrogens is 292 g/mol. The average Bonchev–Trinajstić information content (AvgIpc) is 2.92. The van der Waals surface area contributed by atoms with Gasteiger partial charge in [-0.3, -0.25) is 4.98 Å². The van der Waals surface area contributed by atoms with Crippen molar-refractivity contribution < 1.29 is 9.64 Å². The van der Waals surface area contributed by atoms with Crippen LogP contribution in [0.4, 0.5) is 0 Å². The average molecular weight is 317 g/mol. The second kappa shape index (κ2) is 8.40. The number of pyridine rings is 1. The van der Waals surface area contributed by atoms with Gasteiger partial charge in [-0.05, 0) is 12.1 Å². The first kappa shape index (κ1) is 17.1. The summed E-state index contributed by atoms with van der Waals surface area (Å²) in [6.07, 6.45) is 9.13. The molecule has 0 saturated carbocycles. The Balaban J connectivity index is 1.88. The lowest BCUT2D eigenvalue weighted by Crippen LogP contribution is -2.70. The van der Waals surface area contributed by atoms with Crippen LogP contribution in [0.1, 0.15) is 25.5 Å². The van der Waals surface area contributed by atoms with Gasteiger partial charge < -0.3 is 20.6 Å². The molecular formula is C16H25N6O+. The molecule has 1 aromatic rings. The van der Waals surface area contributed by atoms with E-state index in [1.54, 1.807) is 18.6 Å². The molecule has 1 unspecified atom stereocenters. The van der Waals surface area contributed by atoms with Crippen molar-refractivity contribution in [1.82, 2.24) is 9.88 Å². The third-order valence-corrected chi connectivity index (χ3v) is 3.60. The minimum Gasteiger partial charge on any atom is -0.626 e. The molecule has 124 valence electrons. The number of unbranched alkanes of at least 4 members (excludes halogenated alkanes) is 1. The van der Waals surface area contributed by atoms with Gasteiger partial charge >= 0.3 is 0 Å². The fraction of sp³-hybridized carbons (Fsp3) is 0.438. The van der Waals surface area contributed by atoms with Crippen LogP contribution in [0.5, 0.6) is 0 Å². The largest absolute Gasteiger partial charge is 0.626 e. The molecule has 0 aliphatic carbocycles. The first-order valence-electron chi connectivity index (χ1n) is 7.89. The minimum absolute atomic E-state index is 0.213. The molecule has 2 rings (SSSR count). The predicted molar refractivity (Wildman–Crippen MR) is 90.7 cm³/mol. The highest BCUT2D eigenvalue weighted by Gasteiger charge is 2.26. The molecule has 23 heavy (non-hydrogen) atoms. The van der Waals surface area contributed by atoms with Gasteiger partial charge in [0.05, 0.1) is 18.4 Å². The molecule has 0 aromatic carbocycles. The summed E-state index contributed by atoms with van der Waals surface area (Å²) in [4.78, 5) is 9.38. The molecule has 2 heterocycles. The Morgan fingerprint density at radius 1 is 1.57 bits per heavy atom. The fourth-order valence-electron chi connectivity index (χ4n) is 2.39. The third-order valence-electron chi connectivity index (χ3n) is 3.60. The van der Waals surface area contributed by atoms with Gasteiger partial charge in [0.15, 0.2) is 18.6 Å². The van der Waals surface area contributed by atoms with E-state index < -0.39 is 4.65 Å². The Bertz CT molecular complexity index is 571. The highest BCUT2D eigenvalue weighted by Crippen LogP contribution is 2.18. The van der Waals surface area contributed by atoms with E-state index >= 15 is 0 Å². The van der Waals surface area contributed by atoms with E-state index in [2.05, 4.69) is 22.0 Å². The van der Waals surface area contributed by atoms with E-state index in [0.29, 0.717) is 18.9 Å². The van der Waals surface area contributed by atoms with Crippen LogP contribution in [0, 0.1) is 5.21 Å². The summed E-state index contributed by atoms with van der Waals surface area (Å²) in [6, 6.07) is 5.77. The standard InChI is InChI=1S/C16H24N6O/c1-2-3-7-18-11-16(20-17)13-22(23)10-9-21(14-22)12-15-6-4-5-8-19-15/h4-6,8-11H,2-3,7,12-14,17H2,1H3/p+1. The second-order valence-corrected chi connectivity index (χ2v) is 5.69. The molecule has 7 nitrogen and oxygen atoms in total. The molecule has 0 fully saturated rings. The van der Waals surface area contributed by atoms with Gasteiger partial charge in [-0.25, -0.2) is 4.99 Å². The number of nitrogens with two attached hydrogens (primary N) is 1. The Hall–Kier alpha value is -2.25. The first-order valence-corrected chi connectivity index (χ1v) is 7.89. The number of hydroxylamine groups is 3.